The van der Waals surface area contributed by atoms with E-state index in [1.165, 1.54) is 51.4 Å². The third-order valence-electron chi connectivity index (χ3n) is 4.96. The van der Waals surface area contributed by atoms with Crippen LogP contribution in [-0.2, 0) is 9.47 Å². The van der Waals surface area contributed by atoms with Gasteiger partial charge in [0, 0.05) is 25.8 Å². The van der Waals surface area contributed by atoms with E-state index >= 15 is 0 Å². The summed E-state index contributed by atoms with van der Waals surface area (Å²) < 4.78 is 11.5. The van der Waals surface area contributed by atoms with Crippen molar-refractivity contribution >= 4 is 0 Å². The first kappa shape index (κ1) is 11.9. The smallest absolute Gasteiger partial charge is 0.0724 e. The van der Waals surface area contributed by atoms with Crippen LogP contribution in [0.5, 0.6) is 0 Å². The molecule has 2 aliphatic carbocycles. The highest BCUT2D eigenvalue weighted by Gasteiger charge is 2.43. The normalized spacial score (nSPS) is 40.4. The molecule has 0 aromatic carbocycles. The second kappa shape index (κ2) is 4.87. The molecule has 17 heavy (non-hydrogen) atoms. The first-order chi connectivity index (χ1) is 8.31. The summed E-state index contributed by atoms with van der Waals surface area (Å²) in [4.78, 5) is 0. The fraction of sp³-hybridized carbons (Fsp3) is 1.00. The first-order valence-electron chi connectivity index (χ1n) is 7.24. The van der Waals surface area contributed by atoms with Crippen molar-refractivity contribution in [2.75, 3.05) is 13.7 Å². The summed E-state index contributed by atoms with van der Waals surface area (Å²) in [5.74, 6) is 0. The largest absolute Gasteiger partial charge is 0.380 e. The molecule has 3 fully saturated rings. The number of rotatable bonds is 3. The van der Waals surface area contributed by atoms with Crippen LogP contribution in [0, 0.1) is 0 Å². The highest BCUT2D eigenvalue weighted by molar-refractivity contribution is 4.97. The molecule has 0 radical (unpaired) electrons. The number of methoxy groups -OCH3 is 1. The molecule has 0 aromatic heterocycles. The average molecular weight is 239 g/mol. The summed E-state index contributed by atoms with van der Waals surface area (Å²) in [7, 11) is 1.85. The van der Waals surface area contributed by atoms with Gasteiger partial charge in [0.15, 0.2) is 0 Å². The monoisotopic (exact) mass is 239 g/mol. The summed E-state index contributed by atoms with van der Waals surface area (Å²) in [5.41, 5.74) is 0.261. The highest BCUT2D eigenvalue weighted by Crippen LogP contribution is 2.42. The Kier molecular flexibility index (Phi) is 3.42. The maximum absolute atomic E-state index is 5.98. The molecule has 1 saturated heterocycles. The second-order valence-electron chi connectivity index (χ2n) is 6.05. The Balaban J connectivity index is 1.54. The van der Waals surface area contributed by atoms with Crippen molar-refractivity contribution in [2.45, 2.75) is 75.2 Å². The molecule has 1 heterocycles. The summed E-state index contributed by atoms with van der Waals surface area (Å²) in [6, 6.07) is 1.24. The molecule has 0 bridgehead atoms. The minimum Gasteiger partial charge on any atom is -0.380 e. The molecule has 3 rings (SSSR count). The van der Waals surface area contributed by atoms with E-state index in [0.717, 1.165) is 6.61 Å². The molecule has 0 aromatic rings. The quantitative estimate of drug-likeness (QED) is 0.819. The van der Waals surface area contributed by atoms with Crippen molar-refractivity contribution < 1.29 is 9.47 Å². The third-order valence-corrected chi connectivity index (χ3v) is 4.96. The molecule has 3 aliphatic rings. The van der Waals surface area contributed by atoms with Gasteiger partial charge >= 0.3 is 0 Å². The van der Waals surface area contributed by atoms with E-state index in [9.17, 15) is 0 Å². The van der Waals surface area contributed by atoms with Gasteiger partial charge in [-0.1, -0.05) is 0 Å². The van der Waals surface area contributed by atoms with Crippen LogP contribution in [0.4, 0.5) is 0 Å². The van der Waals surface area contributed by atoms with Crippen molar-refractivity contribution in [1.82, 2.24) is 5.32 Å². The fourth-order valence-electron chi connectivity index (χ4n) is 3.79. The molecule has 3 heteroatoms. The van der Waals surface area contributed by atoms with E-state index in [1.54, 1.807) is 0 Å². The average Bonchev–Trinajstić information content (AvgIpc) is 2.75. The van der Waals surface area contributed by atoms with Gasteiger partial charge in [0.25, 0.3) is 0 Å². The van der Waals surface area contributed by atoms with Crippen molar-refractivity contribution in [3.8, 4) is 0 Å². The van der Waals surface area contributed by atoms with Crippen LogP contribution in [0.15, 0.2) is 0 Å². The van der Waals surface area contributed by atoms with Crippen LogP contribution in [0.25, 0.3) is 0 Å². The fourth-order valence-corrected chi connectivity index (χ4v) is 3.79. The Labute approximate surface area is 104 Å². The van der Waals surface area contributed by atoms with Crippen LogP contribution < -0.4 is 5.32 Å². The Morgan fingerprint density at radius 1 is 1.18 bits per heavy atom. The predicted molar refractivity (Wildman–Crippen MR) is 67.1 cm³/mol. The molecule has 3 unspecified atom stereocenters. The van der Waals surface area contributed by atoms with E-state index in [4.69, 9.17) is 9.47 Å². The molecule has 1 N–H and O–H groups in total. The van der Waals surface area contributed by atoms with Gasteiger partial charge < -0.3 is 14.8 Å². The maximum Gasteiger partial charge on any atom is 0.0724 e. The molecule has 0 amide bonds. The summed E-state index contributed by atoms with van der Waals surface area (Å²) in [6.45, 7) is 0.946. The Hall–Kier alpha value is -0.120. The lowest BCUT2D eigenvalue weighted by atomic mass is 9.74. The van der Waals surface area contributed by atoms with E-state index in [0.29, 0.717) is 18.2 Å². The molecule has 3 atom stereocenters. The molecule has 1 spiro atoms. The Morgan fingerprint density at radius 3 is 2.76 bits per heavy atom. The molecular weight excluding hydrogens is 214 g/mol. The van der Waals surface area contributed by atoms with Gasteiger partial charge in [-0.25, -0.2) is 0 Å². The highest BCUT2D eigenvalue weighted by atomic mass is 16.5. The number of nitrogens with one attached hydrogen (secondary N) is 1. The number of hydrogen-bond donors (Lipinski definition) is 1. The second-order valence-corrected chi connectivity index (χ2v) is 6.05. The van der Waals surface area contributed by atoms with E-state index in [-0.39, 0.29) is 5.60 Å². The summed E-state index contributed by atoms with van der Waals surface area (Å²) in [6.07, 6.45) is 10.6. The SMILES string of the molecule is COC1CCCC1NC1CCOC2(CCC2)C1. The van der Waals surface area contributed by atoms with E-state index in [2.05, 4.69) is 5.32 Å². The molecule has 3 nitrogen and oxygen atoms in total. The standard InChI is InChI=1S/C14H25NO2/c1-16-13-5-2-4-12(13)15-11-6-9-17-14(10-11)7-3-8-14/h11-13,15H,2-10H2,1H3. The third kappa shape index (κ3) is 2.38. The van der Waals surface area contributed by atoms with E-state index < -0.39 is 0 Å². The van der Waals surface area contributed by atoms with Crippen molar-refractivity contribution in [1.29, 1.82) is 0 Å². The van der Waals surface area contributed by atoms with Crippen LogP contribution in [0.1, 0.15) is 51.4 Å². The summed E-state index contributed by atoms with van der Waals surface area (Å²) in [5, 5.41) is 3.84. The number of hydrogen-bond acceptors (Lipinski definition) is 3. The minimum absolute atomic E-state index is 0.261. The van der Waals surface area contributed by atoms with Crippen molar-refractivity contribution in [2.24, 2.45) is 0 Å². The molecule has 98 valence electrons. The van der Waals surface area contributed by atoms with Gasteiger partial charge in [-0.2, -0.15) is 0 Å². The van der Waals surface area contributed by atoms with Gasteiger partial charge in [-0.3, -0.25) is 0 Å². The Morgan fingerprint density at radius 2 is 2.06 bits per heavy atom. The molecule has 1 aliphatic heterocycles. The van der Waals surface area contributed by atoms with Crippen LogP contribution in [0.2, 0.25) is 0 Å². The van der Waals surface area contributed by atoms with Gasteiger partial charge in [-0.15, -0.1) is 0 Å². The lowest BCUT2D eigenvalue weighted by Crippen LogP contribution is -2.54. The first-order valence-corrected chi connectivity index (χ1v) is 7.24. The lowest BCUT2D eigenvalue weighted by Gasteiger charge is -2.48. The van der Waals surface area contributed by atoms with E-state index in [1.807, 2.05) is 7.11 Å². The van der Waals surface area contributed by atoms with Crippen LogP contribution in [0.3, 0.4) is 0 Å². The Bertz CT molecular complexity index is 265. The van der Waals surface area contributed by atoms with Crippen LogP contribution in [-0.4, -0.2) is 37.5 Å². The van der Waals surface area contributed by atoms with Gasteiger partial charge in [0.05, 0.1) is 11.7 Å². The topological polar surface area (TPSA) is 30.5 Å². The molecule has 2 saturated carbocycles. The molecular formula is C14H25NO2. The van der Waals surface area contributed by atoms with Gasteiger partial charge in [0.1, 0.15) is 0 Å². The van der Waals surface area contributed by atoms with Gasteiger partial charge in [0.2, 0.25) is 0 Å². The maximum atomic E-state index is 5.98. The van der Waals surface area contributed by atoms with Crippen molar-refractivity contribution in [3.63, 3.8) is 0 Å². The van der Waals surface area contributed by atoms with Crippen LogP contribution >= 0.6 is 0 Å². The van der Waals surface area contributed by atoms with Crippen molar-refractivity contribution in [3.05, 3.63) is 0 Å². The minimum atomic E-state index is 0.261. The zero-order valence-corrected chi connectivity index (χ0v) is 10.9. The lowest BCUT2D eigenvalue weighted by molar-refractivity contribution is -0.137. The zero-order valence-electron chi connectivity index (χ0n) is 10.9. The predicted octanol–water partition coefficient (Wildman–Crippen LogP) is 2.25. The number of ether oxygens (including phenoxy) is 2. The summed E-state index contributed by atoms with van der Waals surface area (Å²) >= 11 is 0. The van der Waals surface area contributed by atoms with Gasteiger partial charge in [-0.05, 0) is 51.4 Å². The zero-order chi connectivity index (χ0) is 11.7.